The highest BCUT2D eigenvalue weighted by Gasteiger charge is 2.36. The highest BCUT2D eigenvalue weighted by atomic mass is 35.5. The van der Waals surface area contributed by atoms with Crippen molar-refractivity contribution in [3.05, 3.63) is 59.4 Å². The highest BCUT2D eigenvalue weighted by molar-refractivity contribution is 6.31. The van der Waals surface area contributed by atoms with Crippen molar-refractivity contribution < 1.29 is 27.8 Å². The first kappa shape index (κ1) is 25.3. The van der Waals surface area contributed by atoms with Crippen molar-refractivity contribution in [1.29, 1.82) is 0 Å². The number of nitrogens with zero attached hydrogens (tertiary/aromatic N) is 3. The fourth-order valence-electron chi connectivity index (χ4n) is 4.33. The first-order valence-corrected chi connectivity index (χ1v) is 12.0. The molecule has 2 N–H and O–H groups in total. The number of carbonyl (C=O) groups excluding carboxylic acids is 1. The number of amides is 1. The Labute approximate surface area is 216 Å². The number of rotatable bonds is 7. The number of benzene rings is 2. The summed E-state index contributed by atoms with van der Waals surface area (Å²) in [5, 5.41) is 6.09. The number of ether oxygens (including phenoxy) is 3. The molecule has 1 amide bonds. The molecule has 37 heavy (non-hydrogen) atoms. The number of methoxy groups -OCH3 is 1. The van der Waals surface area contributed by atoms with E-state index in [1.165, 1.54) is 37.7 Å². The minimum atomic E-state index is -0.928. The van der Waals surface area contributed by atoms with E-state index in [0.29, 0.717) is 54.5 Å². The minimum Gasteiger partial charge on any atom is -0.494 e. The number of hydrogen-bond acceptors (Lipinski definition) is 8. The third-order valence-corrected chi connectivity index (χ3v) is 6.46. The maximum absolute atomic E-state index is 14.7. The van der Waals surface area contributed by atoms with Crippen molar-refractivity contribution in [3.63, 3.8) is 0 Å². The fourth-order valence-corrected chi connectivity index (χ4v) is 4.51. The minimum absolute atomic E-state index is 0.0307. The van der Waals surface area contributed by atoms with Gasteiger partial charge in [0.25, 0.3) is 5.91 Å². The molecule has 0 radical (unpaired) electrons. The Morgan fingerprint density at radius 1 is 1.22 bits per heavy atom. The summed E-state index contributed by atoms with van der Waals surface area (Å²) < 4.78 is 45.0. The number of nitrogens with one attached hydrogen (secondary N) is 2. The molecule has 5 rings (SSSR count). The van der Waals surface area contributed by atoms with Crippen LogP contribution in [0.25, 0.3) is 10.9 Å². The number of anilines is 3. The third kappa shape index (κ3) is 5.64. The number of halogens is 3. The van der Waals surface area contributed by atoms with Gasteiger partial charge in [-0.2, -0.15) is 0 Å². The molecule has 3 heterocycles. The summed E-state index contributed by atoms with van der Waals surface area (Å²) in [5.41, 5.74) is 1.24. The van der Waals surface area contributed by atoms with Gasteiger partial charge in [0, 0.05) is 36.8 Å². The molecular formula is C25H24ClF2N5O4. The average molecular weight is 532 g/mol. The second kappa shape index (κ2) is 10.9. The number of fused-ring (bicyclic) bond motifs is 2. The van der Waals surface area contributed by atoms with Crippen molar-refractivity contribution in [3.8, 4) is 5.75 Å². The predicted octanol–water partition coefficient (Wildman–Crippen LogP) is 4.07. The second-order valence-corrected chi connectivity index (χ2v) is 9.00. The van der Waals surface area contributed by atoms with Gasteiger partial charge in [-0.15, -0.1) is 0 Å². The lowest BCUT2D eigenvalue weighted by molar-refractivity contribution is -0.116. The number of carbonyl (C=O) groups is 1. The molecule has 2 aliphatic rings. The van der Waals surface area contributed by atoms with Gasteiger partial charge in [-0.1, -0.05) is 11.6 Å². The van der Waals surface area contributed by atoms with Gasteiger partial charge in [-0.3, -0.25) is 9.69 Å². The van der Waals surface area contributed by atoms with E-state index in [1.807, 2.05) is 4.90 Å². The Morgan fingerprint density at radius 2 is 1.97 bits per heavy atom. The number of hydrogen-bond donors (Lipinski definition) is 2. The van der Waals surface area contributed by atoms with Gasteiger partial charge in [0.2, 0.25) is 0 Å². The first-order valence-electron chi connectivity index (χ1n) is 11.6. The molecule has 194 valence electrons. The van der Waals surface area contributed by atoms with Crippen LogP contribution in [0.3, 0.4) is 0 Å². The van der Waals surface area contributed by atoms with Crippen LogP contribution >= 0.6 is 11.6 Å². The zero-order valence-electron chi connectivity index (χ0n) is 19.8. The first-order chi connectivity index (χ1) is 17.9. The number of likely N-dealkylation sites (tertiary alicyclic amines) is 1. The lowest BCUT2D eigenvalue weighted by Crippen LogP contribution is -2.36. The van der Waals surface area contributed by atoms with Gasteiger partial charge >= 0.3 is 0 Å². The molecular weight excluding hydrogens is 508 g/mol. The van der Waals surface area contributed by atoms with Crippen LogP contribution in [0, 0.1) is 5.82 Å². The maximum Gasteiger partial charge on any atom is 0.284 e. The molecule has 0 bridgehead atoms. The lowest BCUT2D eigenvalue weighted by Gasteiger charge is -2.24. The van der Waals surface area contributed by atoms with Crippen LogP contribution in [0.2, 0.25) is 5.02 Å². The molecule has 2 aliphatic heterocycles. The lowest BCUT2D eigenvalue weighted by atomic mass is 10.1. The fraction of sp³-hybridized carbons (Fsp3) is 0.320. The maximum atomic E-state index is 14.7. The van der Waals surface area contributed by atoms with Crippen LogP contribution in [0.5, 0.6) is 5.75 Å². The number of aromatic nitrogens is 2. The molecule has 1 aromatic heterocycles. The summed E-state index contributed by atoms with van der Waals surface area (Å²) in [6, 6.07) is 7.34. The summed E-state index contributed by atoms with van der Waals surface area (Å²) in [5.74, 6) is -1.72. The molecule has 2 saturated heterocycles. The van der Waals surface area contributed by atoms with Crippen molar-refractivity contribution >= 4 is 45.6 Å². The van der Waals surface area contributed by atoms with E-state index in [0.717, 1.165) is 0 Å². The molecule has 2 atom stereocenters. The van der Waals surface area contributed by atoms with E-state index in [4.69, 9.17) is 25.8 Å². The van der Waals surface area contributed by atoms with Crippen LogP contribution in [-0.4, -0.2) is 72.9 Å². The van der Waals surface area contributed by atoms with Crippen LogP contribution < -0.4 is 15.4 Å². The van der Waals surface area contributed by atoms with Crippen LogP contribution in [0.15, 0.2) is 48.6 Å². The monoisotopic (exact) mass is 531 g/mol. The molecule has 0 saturated carbocycles. The van der Waals surface area contributed by atoms with Crippen molar-refractivity contribution in [1.82, 2.24) is 14.9 Å². The largest absolute Gasteiger partial charge is 0.494 e. The average Bonchev–Trinajstić information content (AvgIpc) is 3.32. The van der Waals surface area contributed by atoms with Crippen molar-refractivity contribution in [2.24, 2.45) is 0 Å². The van der Waals surface area contributed by atoms with Crippen molar-refractivity contribution in [2.45, 2.75) is 12.2 Å². The summed E-state index contributed by atoms with van der Waals surface area (Å²) in [6.07, 6.45) is 2.52. The molecule has 2 aromatic carbocycles. The Hall–Kier alpha value is -3.38. The summed E-state index contributed by atoms with van der Waals surface area (Å²) in [7, 11) is 1.43. The van der Waals surface area contributed by atoms with E-state index in [9.17, 15) is 13.6 Å². The molecule has 12 heteroatoms. The standard InChI is InChI=1S/C25H24ClF2N5O4/c1-35-21-10-19-15(24(30-13-29-19)31-14-2-3-17(27)16(26)8-14)9-20(21)32-25(34)18(28)4-5-33-11-22-23(12-33)37-7-6-36-22/h2-4,8-10,13,22-23H,5-7,11-12H2,1H3,(H,32,34)(H,29,30,31). The molecule has 0 spiro atoms. The normalized spacial score (nSPS) is 20.1. The van der Waals surface area contributed by atoms with E-state index >= 15 is 0 Å². The van der Waals surface area contributed by atoms with E-state index in [1.54, 1.807) is 12.1 Å². The zero-order valence-corrected chi connectivity index (χ0v) is 20.6. The smallest absolute Gasteiger partial charge is 0.284 e. The van der Waals surface area contributed by atoms with E-state index in [-0.39, 0.29) is 29.5 Å². The van der Waals surface area contributed by atoms with Gasteiger partial charge in [0.05, 0.1) is 48.8 Å². The highest BCUT2D eigenvalue weighted by Crippen LogP contribution is 2.34. The Kier molecular flexibility index (Phi) is 7.47. The molecule has 2 unspecified atom stereocenters. The molecule has 2 fully saturated rings. The second-order valence-electron chi connectivity index (χ2n) is 8.59. The Balaban J connectivity index is 1.33. The van der Waals surface area contributed by atoms with Gasteiger partial charge in [-0.05, 0) is 30.3 Å². The van der Waals surface area contributed by atoms with Gasteiger partial charge in [-0.25, -0.2) is 18.7 Å². The molecule has 3 aromatic rings. The zero-order chi connectivity index (χ0) is 25.9. The van der Waals surface area contributed by atoms with Gasteiger partial charge in [0.1, 0.15) is 23.7 Å². The predicted molar refractivity (Wildman–Crippen MR) is 135 cm³/mol. The summed E-state index contributed by atoms with van der Waals surface area (Å²) in [4.78, 5) is 23.1. The molecule has 0 aliphatic carbocycles. The molecule has 9 nitrogen and oxygen atoms in total. The SMILES string of the molecule is COc1cc2ncnc(Nc3ccc(F)c(Cl)c3)c2cc1NC(=O)C(F)=CCN1CC2OCCOC2C1. The van der Waals surface area contributed by atoms with Gasteiger partial charge in [0.15, 0.2) is 5.83 Å². The van der Waals surface area contributed by atoms with E-state index in [2.05, 4.69) is 20.6 Å². The summed E-state index contributed by atoms with van der Waals surface area (Å²) in [6.45, 7) is 2.58. The topological polar surface area (TPSA) is 97.8 Å². The third-order valence-electron chi connectivity index (χ3n) is 6.17. The Morgan fingerprint density at radius 3 is 2.68 bits per heavy atom. The van der Waals surface area contributed by atoms with Crippen molar-refractivity contribution in [2.75, 3.05) is 50.6 Å². The van der Waals surface area contributed by atoms with Gasteiger partial charge < -0.3 is 24.8 Å². The van der Waals surface area contributed by atoms with E-state index < -0.39 is 17.6 Å². The summed E-state index contributed by atoms with van der Waals surface area (Å²) >= 11 is 5.88. The van der Waals surface area contributed by atoms with Crippen LogP contribution in [0.1, 0.15) is 0 Å². The quantitative estimate of drug-likeness (QED) is 0.440. The van der Waals surface area contributed by atoms with Crippen LogP contribution in [0.4, 0.5) is 26.0 Å². The van der Waals surface area contributed by atoms with Crippen LogP contribution in [-0.2, 0) is 14.3 Å². The Bertz CT molecular complexity index is 1340.